The summed E-state index contributed by atoms with van der Waals surface area (Å²) in [5.41, 5.74) is 8.48. The zero-order chi connectivity index (χ0) is 34.4. The molecule has 1 spiro atoms. The van der Waals surface area contributed by atoms with E-state index in [4.69, 9.17) is 20.3 Å². The summed E-state index contributed by atoms with van der Waals surface area (Å²) in [6, 6.07) is 16.4. The second kappa shape index (κ2) is 18.5. The van der Waals surface area contributed by atoms with Crippen LogP contribution in [0.4, 0.5) is 4.79 Å². The molecule has 4 unspecified atom stereocenters. The summed E-state index contributed by atoms with van der Waals surface area (Å²) < 4.78 is 11.4. The number of carboxylic acids is 1. The van der Waals surface area contributed by atoms with Gasteiger partial charge in [0.05, 0.1) is 25.4 Å². The molecule has 48 heavy (non-hydrogen) atoms. The van der Waals surface area contributed by atoms with Crippen LogP contribution in [0.2, 0.25) is 0 Å². The lowest BCUT2D eigenvalue weighted by molar-refractivity contribution is -0.143. The number of urea groups is 1. The predicted molar refractivity (Wildman–Crippen MR) is 188 cm³/mol. The number of nitrogens with one attached hydrogen (secondary N) is 2. The van der Waals surface area contributed by atoms with Crippen LogP contribution < -0.4 is 16.4 Å². The topological polar surface area (TPSA) is 140 Å². The molecule has 3 fully saturated rings. The maximum absolute atomic E-state index is 12.0. The van der Waals surface area contributed by atoms with Crippen LogP contribution >= 0.6 is 0 Å². The third kappa shape index (κ3) is 10.6. The number of carboxylic acid groups (broad SMARTS) is 1. The maximum atomic E-state index is 12.0. The largest absolute Gasteiger partial charge is 0.480 e. The van der Waals surface area contributed by atoms with Gasteiger partial charge >= 0.3 is 12.0 Å². The van der Waals surface area contributed by atoms with Gasteiger partial charge in [0.2, 0.25) is 0 Å². The summed E-state index contributed by atoms with van der Waals surface area (Å²) in [7, 11) is 0. The zero-order valence-electron chi connectivity index (χ0n) is 29.1. The van der Waals surface area contributed by atoms with Crippen molar-refractivity contribution >= 4 is 17.9 Å². The first-order valence-electron chi connectivity index (χ1n) is 18.2. The number of carbonyl (C=O) groups excluding carboxylic acids is 2. The Morgan fingerprint density at radius 1 is 0.729 bits per heavy atom. The van der Waals surface area contributed by atoms with Crippen LogP contribution in [-0.2, 0) is 31.9 Å². The molecule has 0 aromatic heterocycles. The first-order valence-corrected chi connectivity index (χ1v) is 18.2. The number of unbranched alkanes of at least 4 members (excludes halogenated alkanes) is 10. The third-order valence-electron chi connectivity index (χ3n) is 9.94. The summed E-state index contributed by atoms with van der Waals surface area (Å²) in [5.74, 6) is -1.26. The van der Waals surface area contributed by atoms with Crippen molar-refractivity contribution in [3.8, 4) is 0 Å². The van der Waals surface area contributed by atoms with E-state index in [0.29, 0.717) is 12.8 Å². The number of aryl methyl sites for hydroxylation is 2. The minimum Gasteiger partial charge on any atom is -0.480 e. The normalized spacial score (nSPS) is 24.7. The highest BCUT2D eigenvalue weighted by Crippen LogP contribution is 2.37. The highest BCUT2D eigenvalue weighted by atomic mass is 16.5. The van der Waals surface area contributed by atoms with Crippen LogP contribution in [-0.4, -0.2) is 47.3 Å². The van der Waals surface area contributed by atoms with Gasteiger partial charge in [0.15, 0.2) is 0 Å². The number of hydrogen-bond donors (Lipinski definition) is 4. The molecule has 2 aromatic rings. The third-order valence-corrected chi connectivity index (χ3v) is 9.94. The van der Waals surface area contributed by atoms with E-state index in [9.17, 15) is 14.4 Å². The van der Waals surface area contributed by atoms with Crippen molar-refractivity contribution in [1.82, 2.24) is 10.6 Å². The Morgan fingerprint density at radius 3 is 1.62 bits per heavy atom. The summed E-state index contributed by atoms with van der Waals surface area (Å²) in [6.45, 7) is 4.78. The molecular formula is C39H57N3O6. The summed E-state index contributed by atoms with van der Waals surface area (Å²) in [5, 5.41) is 14.2. The molecule has 3 aliphatic heterocycles. The quantitative estimate of drug-likeness (QED) is 0.102. The highest BCUT2D eigenvalue weighted by molar-refractivity contribution is 6.07. The molecule has 3 amide bonds. The second-order valence-corrected chi connectivity index (χ2v) is 14.0. The molecule has 3 heterocycles. The molecule has 2 aromatic carbocycles. The van der Waals surface area contributed by atoms with Crippen molar-refractivity contribution in [3.63, 3.8) is 0 Å². The zero-order valence-corrected chi connectivity index (χ0v) is 29.1. The van der Waals surface area contributed by atoms with E-state index >= 15 is 0 Å². The highest BCUT2D eigenvalue weighted by Gasteiger charge is 2.52. The van der Waals surface area contributed by atoms with Crippen molar-refractivity contribution in [2.45, 2.75) is 140 Å². The van der Waals surface area contributed by atoms with E-state index in [-0.39, 0.29) is 31.3 Å². The molecular weight excluding hydrogens is 606 g/mol. The molecule has 9 heteroatoms. The number of rotatable bonds is 17. The second-order valence-electron chi connectivity index (χ2n) is 14.0. The van der Waals surface area contributed by atoms with E-state index in [1.165, 1.54) is 88.2 Å². The molecule has 264 valence electrons. The predicted octanol–water partition coefficient (Wildman–Crippen LogP) is 7.46. The van der Waals surface area contributed by atoms with Gasteiger partial charge in [0.25, 0.3) is 5.91 Å². The van der Waals surface area contributed by atoms with Crippen LogP contribution in [0.1, 0.15) is 138 Å². The Bertz CT molecular complexity index is 1320. The Kier molecular flexibility index (Phi) is 14.5. The van der Waals surface area contributed by atoms with Crippen LogP contribution in [0, 0.1) is 0 Å². The van der Waals surface area contributed by atoms with Crippen molar-refractivity contribution in [2.24, 2.45) is 5.73 Å². The Hall–Kier alpha value is -3.27. The van der Waals surface area contributed by atoms with Gasteiger partial charge in [-0.3, -0.25) is 14.9 Å². The first kappa shape index (κ1) is 37.5. The van der Waals surface area contributed by atoms with Crippen molar-refractivity contribution in [2.75, 3.05) is 13.2 Å². The summed E-state index contributed by atoms with van der Waals surface area (Å²) in [6.07, 6.45) is 18.4. The summed E-state index contributed by atoms with van der Waals surface area (Å²) in [4.78, 5) is 34.5. The van der Waals surface area contributed by atoms with Crippen molar-refractivity contribution in [3.05, 3.63) is 70.8 Å². The average Bonchev–Trinajstić information content (AvgIpc) is 3.78. The fourth-order valence-electron chi connectivity index (χ4n) is 6.74. The Balaban J connectivity index is 0.000000218. The number of imide groups is 1. The average molecular weight is 664 g/mol. The Morgan fingerprint density at radius 2 is 1.19 bits per heavy atom. The molecule has 4 atom stereocenters. The minimum absolute atomic E-state index is 0.0759. The Labute approximate surface area is 286 Å². The smallest absolute Gasteiger partial charge is 0.326 e. The standard InChI is InChI=1S/C20H28N2O3.C19H29NO3/c1-2-3-4-5-6-7-8-15-9-11-16(12-10-15)17-13-20(14-25-17)18(23)21-19(24)22-20;1-2-3-4-5-6-7-8-15-9-11-16(12-10-15)17-13-19(20,14-23-17)18(21)22/h9-12,17H,2-8,13-14H2,1H3,(H2,21,22,23,24);9-12,17H,2-8,13-14,20H2,1H3,(H,21,22). The molecule has 0 radical (unpaired) electrons. The van der Waals surface area contributed by atoms with Crippen molar-refractivity contribution < 1.29 is 29.0 Å². The molecule has 0 aliphatic carbocycles. The van der Waals surface area contributed by atoms with Gasteiger partial charge in [-0.15, -0.1) is 0 Å². The molecule has 9 nitrogen and oxygen atoms in total. The number of nitrogens with two attached hydrogens (primary N) is 1. The summed E-state index contributed by atoms with van der Waals surface area (Å²) >= 11 is 0. The van der Waals surface area contributed by atoms with Gasteiger partial charge < -0.3 is 25.6 Å². The number of benzene rings is 2. The van der Waals surface area contributed by atoms with E-state index in [1.807, 2.05) is 12.1 Å². The lowest BCUT2D eigenvalue weighted by atomic mass is 9.93. The number of amides is 3. The SMILES string of the molecule is CCCCCCCCc1ccc(C2CC(N)(C(=O)O)CO2)cc1.CCCCCCCCc1ccc(C2CC3(CO2)NC(=O)NC3=O)cc1. The molecule has 3 saturated heterocycles. The molecule has 3 aliphatic rings. The van der Waals surface area contributed by atoms with Gasteiger partial charge in [-0.05, 0) is 47.9 Å². The van der Waals surface area contributed by atoms with Gasteiger partial charge in [-0.25, -0.2) is 4.79 Å². The molecule has 5 rings (SSSR count). The van der Waals surface area contributed by atoms with Crippen LogP contribution in [0.5, 0.6) is 0 Å². The van der Waals surface area contributed by atoms with E-state index in [2.05, 4.69) is 60.9 Å². The minimum atomic E-state index is -1.25. The number of carbonyl (C=O) groups is 3. The first-order chi connectivity index (χ1) is 23.2. The number of ether oxygens (including phenoxy) is 2. The van der Waals surface area contributed by atoms with E-state index in [1.54, 1.807) is 0 Å². The van der Waals surface area contributed by atoms with Gasteiger partial charge in [0, 0.05) is 12.8 Å². The lowest BCUT2D eigenvalue weighted by Gasteiger charge is -2.17. The van der Waals surface area contributed by atoms with Gasteiger partial charge in [0.1, 0.15) is 11.1 Å². The molecule has 0 bridgehead atoms. The number of aliphatic carboxylic acids is 1. The van der Waals surface area contributed by atoms with Gasteiger partial charge in [-0.1, -0.05) is 127 Å². The number of hydrogen-bond acceptors (Lipinski definition) is 6. The van der Waals surface area contributed by atoms with Crippen LogP contribution in [0.25, 0.3) is 0 Å². The van der Waals surface area contributed by atoms with E-state index < -0.39 is 23.1 Å². The van der Waals surface area contributed by atoms with Gasteiger partial charge in [-0.2, -0.15) is 0 Å². The fourth-order valence-corrected chi connectivity index (χ4v) is 6.74. The van der Waals surface area contributed by atoms with Crippen molar-refractivity contribution in [1.29, 1.82) is 0 Å². The van der Waals surface area contributed by atoms with Crippen LogP contribution in [0.3, 0.4) is 0 Å². The lowest BCUT2D eigenvalue weighted by Crippen LogP contribution is -2.48. The maximum Gasteiger partial charge on any atom is 0.326 e. The molecule has 0 saturated carbocycles. The monoisotopic (exact) mass is 663 g/mol. The fraction of sp³-hybridized carbons (Fsp3) is 0.615. The van der Waals surface area contributed by atoms with E-state index in [0.717, 1.165) is 24.0 Å². The molecule has 5 N–H and O–H groups in total. The van der Waals surface area contributed by atoms with Crippen LogP contribution in [0.15, 0.2) is 48.5 Å².